The number of rotatable bonds is 2. The number of benzene rings is 4. The molecule has 0 bridgehead atoms. The van der Waals surface area contributed by atoms with E-state index in [2.05, 4.69) is 31.9 Å². The van der Waals surface area contributed by atoms with Crippen molar-refractivity contribution < 1.29 is 10.2 Å². The van der Waals surface area contributed by atoms with E-state index < -0.39 is 0 Å². The first-order valence-electron chi connectivity index (χ1n) is 11.0. The molecule has 1 aliphatic carbocycles. The van der Waals surface area contributed by atoms with Crippen LogP contribution in [0.15, 0.2) is 79.6 Å². The minimum atomic E-state index is 0.0816. The molecule has 0 amide bonds. The van der Waals surface area contributed by atoms with Crippen molar-refractivity contribution in [2.24, 2.45) is 9.98 Å². The van der Waals surface area contributed by atoms with Crippen molar-refractivity contribution in [3.05, 3.63) is 91.9 Å². The van der Waals surface area contributed by atoms with Gasteiger partial charge in [0.05, 0.1) is 33.9 Å². The quantitative estimate of drug-likeness (QED) is 0.235. The van der Waals surface area contributed by atoms with Gasteiger partial charge in [-0.3, -0.25) is 9.98 Å². The van der Waals surface area contributed by atoms with Crippen LogP contribution in [0, 0.1) is 13.8 Å². The second-order valence-corrected chi connectivity index (χ2v) is 10.2. The molecule has 0 spiro atoms. The SMILES string of the molecule is Cc1ccc(N=C2CCC(=Nc3ccc(C)cc3)c3c2c(O)c2ccc(Br)c(Br)c2c3O)cc1. The predicted molar refractivity (Wildman–Crippen MR) is 147 cm³/mol. The number of nitrogens with zero attached hydrogens (tertiary/aromatic N) is 2. The standard InChI is InChI=1S/C28H22Br2N2O2/c1-15-3-7-17(8-4-15)31-21-13-14-22(32-18-9-5-16(2)6-10-18)25-24(21)27(33)19-11-12-20(29)26(30)23(19)28(25)34/h3-12,33-34H,13-14H2,1-2H3. The molecule has 5 rings (SSSR count). The molecule has 4 aromatic carbocycles. The molecular formula is C28H22Br2N2O2. The average Bonchev–Trinajstić information content (AvgIpc) is 2.83. The summed E-state index contributed by atoms with van der Waals surface area (Å²) in [6, 6.07) is 19.5. The third kappa shape index (κ3) is 4.05. The Morgan fingerprint density at radius 3 is 1.62 bits per heavy atom. The van der Waals surface area contributed by atoms with Crippen molar-refractivity contribution in [1.82, 2.24) is 0 Å². The first-order chi connectivity index (χ1) is 16.3. The molecular weight excluding hydrogens is 556 g/mol. The lowest BCUT2D eigenvalue weighted by molar-refractivity contribution is 0.466. The Bertz CT molecular complexity index is 1490. The van der Waals surface area contributed by atoms with Crippen LogP contribution in [0.25, 0.3) is 10.8 Å². The topological polar surface area (TPSA) is 65.2 Å². The van der Waals surface area contributed by atoms with Crippen molar-refractivity contribution in [2.75, 3.05) is 0 Å². The molecule has 0 atom stereocenters. The van der Waals surface area contributed by atoms with Crippen LogP contribution in [0.2, 0.25) is 0 Å². The Balaban J connectivity index is 1.81. The van der Waals surface area contributed by atoms with Gasteiger partial charge in [-0.05, 0) is 94.9 Å². The van der Waals surface area contributed by atoms with E-state index in [1.165, 1.54) is 0 Å². The first kappa shape index (κ1) is 22.8. The van der Waals surface area contributed by atoms with Crippen LogP contribution in [0.5, 0.6) is 11.5 Å². The summed E-state index contributed by atoms with van der Waals surface area (Å²) in [6.45, 7) is 4.07. The number of aliphatic imine (C=N–C) groups is 2. The van der Waals surface area contributed by atoms with Crippen LogP contribution in [-0.4, -0.2) is 21.6 Å². The van der Waals surface area contributed by atoms with Crippen molar-refractivity contribution >= 4 is 65.4 Å². The normalized spacial score (nSPS) is 15.8. The minimum Gasteiger partial charge on any atom is -0.507 e. The maximum absolute atomic E-state index is 11.5. The van der Waals surface area contributed by atoms with Crippen LogP contribution in [0.3, 0.4) is 0 Å². The maximum atomic E-state index is 11.5. The molecule has 2 N–H and O–H groups in total. The van der Waals surface area contributed by atoms with Crippen LogP contribution in [0.1, 0.15) is 35.1 Å². The minimum absolute atomic E-state index is 0.0816. The first-order valence-corrected chi connectivity index (χ1v) is 12.6. The van der Waals surface area contributed by atoms with Gasteiger partial charge in [0.2, 0.25) is 0 Å². The molecule has 0 radical (unpaired) electrons. The van der Waals surface area contributed by atoms with Crippen LogP contribution >= 0.6 is 31.9 Å². The Morgan fingerprint density at radius 1 is 0.647 bits per heavy atom. The molecule has 0 aromatic heterocycles. The number of halogens is 2. The summed E-state index contributed by atoms with van der Waals surface area (Å²) in [5, 5.41) is 24.1. The van der Waals surface area contributed by atoms with Gasteiger partial charge in [0.15, 0.2) is 0 Å². The lowest BCUT2D eigenvalue weighted by Gasteiger charge is -2.24. The highest BCUT2D eigenvalue weighted by molar-refractivity contribution is 9.13. The Kier molecular flexibility index (Phi) is 6.04. The van der Waals surface area contributed by atoms with E-state index in [1.54, 1.807) is 6.07 Å². The monoisotopic (exact) mass is 576 g/mol. The highest BCUT2D eigenvalue weighted by atomic mass is 79.9. The number of hydrogen-bond donors (Lipinski definition) is 2. The molecule has 4 nitrogen and oxygen atoms in total. The zero-order valence-electron chi connectivity index (χ0n) is 18.7. The largest absolute Gasteiger partial charge is 0.507 e. The molecule has 0 heterocycles. The fraction of sp³-hybridized carbons (Fsp3) is 0.143. The molecule has 0 aliphatic heterocycles. The Hall–Kier alpha value is -2.96. The van der Waals surface area contributed by atoms with Gasteiger partial charge in [-0.2, -0.15) is 0 Å². The highest BCUT2D eigenvalue weighted by Crippen LogP contribution is 2.48. The zero-order valence-corrected chi connectivity index (χ0v) is 21.9. The second kappa shape index (κ2) is 9.01. The number of fused-ring (bicyclic) bond motifs is 2. The molecule has 0 fully saturated rings. The molecule has 6 heteroatoms. The van der Waals surface area contributed by atoms with Crippen molar-refractivity contribution in [2.45, 2.75) is 26.7 Å². The predicted octanol–water partition coefficient (Wildman–Crippen LogP) is 8.43. The number of phenols is 2. The number of phenolic OH excluding ortho intramolecular Hbond substituents is 2. The van der Waals surface area contributed by atoms with Crippen molar-refractivity contribution in [3.63, 3.8) is 0 Å². The zero-order chi connectivity index (χ0) is 24.0. The molecule has 0 saturated heterocycles. The van der Waals surface area contributed by atoms with Gasteiger partial charge in [-0.15, -0.1) is 0 Å². The van der Waals surface area contributed by atoms with Crippen LogP contribution in [0.4, 0.5) is 11.4 Å². The summed E-state index contributed by atoms with van der Waals surface area (Å²) in [6.07, 6.45) is 1.19. The second-order valence-electron chi connectivity index (χ2n) is 8.52. The average molecular weight is 578 g/mol. The third-order valence-corrected chi connectivity index (χ3v) is 8.10. The Morgan fingerprint density at radius 2 is 1.12 bits per heavy atom. The summed E-state index contributed by atoms with van der Waals surface area (Å²) in [5.74, 6) is 0.177. The molecule has 1 aliphatic rings. The summed E-state index contributed by atoms with van der Waals surface area (Å²) in [7, 11) is 0. The lowest BCUT2D eigenvalue weighted by atomic mass is 9.84. The number of aryl methyl sites for hydroxylation is 2. The fourth-order valence-corrected chi connectivity index (χ4v) is 5.16. The number of aromatic hydroxyl groups is 2. The van der Waals surface area contributed by atoms with E-state index in [0.29, 0.717) is 39.2 Å². The molecule has 4 aromatic rings. The summed E-state index contributed by atoms with van der Waals surface area (Å²) in [5.41, 5.74) is 6.44. The van der Waals surface area contributed by atoms with Crippen molar-refractivity contribution in [3.8, 4) is 11.5 Å². The van der Waals surface area contributed by atoms with E-state index in [0.717, 1.165) is 38.4 Å². The third-order valence-electron chi connectivity index (χ3n) is 6.08. The van der Waals surface area contributed by atoms with E-state index in [9.17, 15) is 10.2 Å². The molecule has 0 unspecified atom stereocenters. The lowest BCUT2D eigenvalue weighted by Crippen LogP contribution is -2.19. The van der Waals surface area contributed by atoms with E-state index in [-0.39, 0.29) is 11.5 Å². The maximum Gasteiger partial charge on any atom is 0.134 e. The van der Waals surface area contributed by atoms with Crippen LogP contribution < -0.4 is 0 Å². The summed E-state index contributed by atoms with van der Waals surface area (Å²) >= 11 is 7.09. The van der Waals surface area contributed by atoms with E-state index >= 15 is 0 Å². The van der Waals surface area contributed by atoms with Crippen LogP contribution in [-0.2, 0) is 0 Å². The summed E-state index contributed by atoms with van der Waals surface area (Å²) in [4.78, 5) is 9.75. The smallest absolute Gasteiger partial charge is 0.134 e. The fourth-order valence-electron chi connectivity index (χ4n) is 4.30. The van der Waals surface area contributed by atoms with Gasteiger partial charge in [0.25, 0.3) is 0 Å². The molecule has 170 valence electrons. The van der Waals surface area contributed by atoms with Gasteiger partial charge in [-0.1, -0.05) is 35.4 Å². The van der Waals surface area contributed by atoms with Gasteiger partial charge >= 0.3 is 0 Å². The molecule has 34 heavy (non-hydrogen) atoms. The highest BCUT2D eigenvalue weighted by Gasteiger charge is 2.31. The van der Waals surface area contributed by atoms with Gasteiger partial charge < -0.3 is 10.2 Å². The summed E-state index contributed by atoms with van der Waals surface area (Å²) < 4.78 is 1.47. The van der Waals surface area contributed by atoms with Gasteiger partial charge in [0, 0.05) is 19.7 Å². The van der Waals surface area contributed by atoms with E-state index in [1.807, 2.05) is 68.4 Å². The van der Waals surface area contributed by atoms with E-state index in [4.69, 9.17) is 9.98 Å². The molecule has 0 saturated carbocycles. The Labute approximate surface area is 215 Å². The van der Waals surface area contributed by atoms with Crippen molar-refractivity contribution in [1.29, 1.82) is 0 Å². The van der Waals surface area contributed by atoms with Gasteiger partial charge in [-0.25, -0.2) is 0 Å². The van der Waals surface area contributed by atoms with Gasteiger partial charge in [0.1, 0.15) is 11.5 Å². The number of hydrogen-bond acceptors (Lipinski definition) is 4.